The van der Waals surface area contributed by atoms with Gasteiger partial charge < -0.3 is 9.64 Å². The van der Waals surface area contributed by atoms with Crippen molar-refractivity contribution in [3.63, 3.8) is 0 Å². The molecule has 47 heavy (non-hydrogen) atoms. The van der Waals surface area contributed by atoms with Gasteiger partial charge in [0, 0.05) is 33.5 Å². The van der Waals surface area contributed by atoms with E-state index in [0.29, 0.717) is 0 Å². The molecule has 3 aliphatic rings. The quantitative estimate of drug-likeness (QED) is 0.197. The van der Waals surface area contributed by atoms with Gasteiger partial charge in [0.05, 0.1) is 11.9 Å². The summed E-state index contributed by atoms with van der Waals surface area (Å²) < 4.78 is 6.15. The Labute approximate surface area is 278 Å². The van der Waals surface area contributed by atoms with Crippen molar-refractivity contribution in [3.8, 4) is 28.0 Å². The fourth-order valence-electron chi connectivity index (χ4n) is 7.36. The third kappa shape index (κ3) is 4.98. The predicted molar refractivity (Wildman–Crippen MR) is 198 cm³/mol. The molecule has 0 atom stereocenters. The molecule has 0 fully saturated rings. The molecule has 0 N–H and O–H groups in total. The second-order valence-electron chi connectivity index (χ2n) is 13.0. The number of ether oxygens (including phenoxy) is 1. The second kappa shape index (κ2) is 11.6. The topological polar surface area (TPSA) is 12.5 Å². The summed E-state index contributed by atoms with van der Waals surface area (Å²) in [6.07, 6.45) is 16.4. The molecule has 0 amide bonds. The van der Waals surface area contributed by atoms with Crippen LogP contribution < -0.4 is 9.64 Å². The van der Waals surface area contributed by atoms with Gasteiger partial charge in [-0.2, -0.15) is 0 Å². The van der Waals surface area contributed by atoms with E-state index in [1.165, 1.54) is 39.1 Å². The molecule has 228 valence electrons. The van der Waals surface area contributed by atoms with Crippen molar-refractivity contribution in [2.24, 2.45) is 0 Å². The van der Waals surface area contributed by atoms with Crippen molar-refractivity contribution in [2.45, 2.75) is 32.1 Å². The number of allylic oxidation sites excluding steroid dienone is 8. The van der Waals surface area contributed by atoms with Gasteiger partial charge in [-0.3, -0.25) is 0 Å². The largest absolute Gasteiger partial charge is 0.464 e. The lowest BCUT2D eigenvalue weighted by atomic mass is 9.82. The third-order valence-corrected chi connectivity index (χ3v) is 9.81. The molecular formula is C45H37NO. The van der Waals surface area contributed by atoms with Crippen molar-refractivity contribution in [1.29, 1.82) is 0 Å². The molecule has 0 saturated carbocycles. The molecule has 5 aromatic rings. The molecule has 0 spiro atoms. The molecule has 0 bridgehead atoms. The van der Waals surface area contributed by atoms with Gasteiger partial charge in [-0.25, -0.2) is 0 Å². The molecule has 0 radical (unpaired) electrons. The molecule has 2 nitrogen and oxygen atoms in total. The van der Waals surface area contributed by atoms with Gasteiger partial charge in [0.15, 0.2) is 0 Å². The highest BCUT2D eigenvalue weighted by Gasteiger charge is 2.37. The van der Waals surface area contributed by atoms with E-state index in [2.05, 4.69) is 153 Å². The average Bonchev–Trinajstić information content (AvgIpc) is 3.35. The van der Waals surface area contributed by atoms with Gasteiger partial charge in [-0.05, 0) is 88.2 Å². The summed E-state index contributed by atoms with van der Waals surface area (Å²) in [5.74, 6) is 0.824. The number of hydrogen-bond donors (Lipinski definition) is 0. The zero-order valence-corrected chi connectivity index (χ0v) is 26.9. The molecular weight excluding hydrogens is 571 g/mol. The van der Waals surface area contributed by atoms with Crippen molar-refractivity contribution in [2.75, 3.05) is 4.90 Å². The van der Waals surface area contributed by atoms with Crippen molar-refractivity contribution >= 4 is 28.2 Å². The smallest absolute Gasteiger partial charge is 0.142 e. The number of fused-ring (bicyclic) bond motifs is 4. The van der Waals surface area contributed by atoms with Crippen LogP contribution in [0.4, 0.5) is 17.1 Å². The minimum Gasteiger partial charge on any atom is -0.464 e. The average molecular weight is 608 g/mol. The Hall–Kier alpha value is -5.60. The normalized spacial score (nSPS) is 16.9. The summed E-state index contributed by atoms with van der Waals surface area (Å²) >= 11 is 0. The lowest BCUT2D eigenvalue weighted by molar-refractivity contribution is 0.481. The maximum atomic E-state index is 6.15. The lowest BCUT2D eigenvalue weighted by Gasteiger charge is -2.29. The predicted octanol–water partition coefficient (Wildman–Crippen LogP) is 12.3. The minimum absolute atomic E-state index is 0.0834. The highest BCUT2D eigenvalue weighted by molar-refractivity contribution is 5.95. The number of para-hydroxylation sites is 1. The van der Waals surface area contributed by atoms with E-state index < -0.39 is 0 Å². The van der Waals surface area contributed by atoms with Crippen LogP contribution in [0.15, 0.2) is 158 Å². The van der Waals surface area contributed by atoms with Crippen LogP contribution in [-0.2, 0) is 5.41 Å². The van der Waals surface area contributed by atoms with Crippen LogP contribution in [0.3, 0.4) is 0 Å². The Morgan fingerprint density at radius 2 is 1.34 bits per heavy atom. The molecule has 1 aliphatic heterocycles. The maximum absolute atomic E-state index is 6.15. The van der Waals surface area contributed by atoms with Crippen LogP contribution in [0.25, 0.3) is 33.4 Å². The SMILES string of the molecule is C=C1/C=C\C=C/Oc2c1cccc2-c1ccc(N(c2ccc(C3=CC=CCC3)cc2)c2cccc3c2-c2ccccc2C3(C)C)cc1. The first kappa shape index (κ1) is 28.8. The van der Waals surface area contributed by atoms with Gasteiger partial charge in [-0.1, -0.05) is 130 Å². The Balaban J connectivity index is 1.27. The molecule has 8 rings (SSSR count). The van der Waals surface area contributed by atoms with Crippen LogP contribution in [0, 0.1) is 0 Å². The number of rotatable bonds is 5. The molecule has 2 aliphatic carbocycles. The number of benzene rings is 5. The molecule has 0 unspecified atom stereocenters. The van der Waals surface area contributed by atoms with Crippen LogP contribution in [0.1, 0.15) is 48.9 Å². The number of anilines is 3. The van der Waals surface area contributed by atoms with Crippen LogP contribution in [0.5, 0.6) is 5.75 Å². The number of hydrogen-bond acceptors (Lipinski definition) is 2. The first-order valence-corrected chi connectivity index (χ1v) is 16.4. The highest BCUT2D eigenvalue weighted by atomic mass is 16.5. The van der Waals surface area contributed by atoms with E-state index >= 15 is 0 Å². The fraction of sp³-hybridized carbons (Fsp3) is 0.111. The Morgan fingerprint density at radius 3 is 2.11 bits per heavy atom. The second-order valence-corrected chi connectivity index (χ2v) is 13.0. The summed E-state index contributed by atoms with van der Waals surface area (Å²) in [6.45, 7) is 8.96. The summed E-state index contributed by atoms with van der Waals surface area (Å²) in [7, 11) is 0. The van der Waals surface area contributed by atoms with Gasteiger partial charge in [-0.15, -0.1) is 0 Å². The number of nitrogens with zero attached hydrogens (tertiary/aromatic N) is 1. The standard InChI is InChI=1S/C45H37NO/c1-31-13-9-10-30-47-44-37(31)17-11-18-38(44)34-24-28-36(29-25-34)46(35-26-22-33(23-27-35)32-14-5-4-6-15-32)42-21-12-20-41-43(42)39-16-7-8-19-40(39)45(41,2)3/h4-5,7-14,16-30H,1,6,15H2,2-3H3/b13-9-,30-10-. The zero-order valence-electron chi connectivity index (χ0n) is 26.9. The van der Waals surface area contributed by atoms with Gasteiger partial charge in [0.25, 0.3) is 0 Å². The van der Waals surface area contributed by atoms with Crippen molar-refractivity contribution in [3.05, 3.63) is 181 Å². The summed E-state index contributed by atoms with van der Waals surface area (Å²) in [5, 5.41) is 0. The van der Waals surface area contributed by atoms with E-state index in [4.69, 9.17) is 4.74 Å². The van der Waals surface area contributed by atoms with E-state index in [0.717, 1.165) is 52.2 Å². The van der Waals surface area contributed by atoms with Crippen molar-refractivity contribution in [1.82, 2.24) is 0 Å². The molecule has 0 saturated heterocycles. The fourth-order valence-corrected chi connectivity index (χ4v) is 7.36. The van der Waals surface area contributed by atoms with Gasteiger partial charge >= 0.3 is 0 Å². The van der Waals surface area contributed by atoms with Crippen LogP contribution in [-0.4, -0.2) is 0 Å². The third-order valence-electron chi connectivity index (χ3n) is 9.81. The van der Waals surface area contributed by atoms with E-state index in [9.17, 15) is 0 Å². The summed E-state index contributed by atoms with van der Waals surface area (Å²) in [6, 6.07) is 39.9. The first-order chi connectivity index (χ1) is 23.0. The minimum atomic E-state index is -0.0834. The molecule has 0 aromatic heterocycles. The monoisotopic (exact) mass is 607 g/mol. The van der Waals surface area contributed by atoms with E-state index in [1.54, 1.807) is 6.26 Å². The Morgan fingerprint density at radius 1 is 0.660 bits per heavy atom. The van der Waals surface area contributed by atoms with E-state index in [-0.39, 0.29) is 5.41 Å². The van der Waals surface area contributed by atoms with Crippen LogP contribution in [0.2, 0.25) is 0 Å². The van der Waals surface area contributed by atoms with Gasteiger partial charge in [0.2, 0.25) is 0 Å². The van der Waals surface area contributed by atoms with Crippen LogP contribution >= 0.6 is 0 Å². The van der Waals surface area contributed by atoms with Crippen molar-refractivity contribution < 1.29 is 4.74 Å². The molecule has 2 heteroatoms. The van der Waals surface area contributed by atoms with E-state index in [1.807, 2.05) is 18.2 Å². The maximum Gasteiger partial charge on any atom is 0.142 e. The summed E-state index contributed by atoms with van der Waals surface area (Å²) in [5.41, 5.74) is 15.4. The highest BCUT2D eigenvalue weighted by Crippen LogP contribution is 2.54. The lowest BCUT2D eigenvalue weighted by Crippen LogP contribution is -2.16. The molecule has 1 heterocycles. The summed E-state index contributed by atoms with van der Waals surface area (Å²) in [4.78, 5) is 2.42. The van der Waals surface area contributed by atoms with Gasteiger partial charge in [0.1, 0.15) is 5.75 Å². The molecule has 5 aromatic carbocycles. The Kier molecular flexibility index (Phi) is 7.14. The first-order valence-electron chi connectivity index (χ1n) is 16.4. The zero-order chi connectivity index (χ0) is 32.0. The Bertz CT molecular complexity index is 2140.